The summed E-state index contributed by atoms with van der Waals surface area (Å²) in [4.78, 5) is 18.6. The predicted octanol–water partition coefficient (Wildman–Crippen LogP) is 0.504. The summed E-state index contributed by atoms with van der Waals surface area (Å²) in [6, 6.07) is 9.12. The highest BCUT2D eigenvalue weighted by Crippen LogP contribution is 2.03. The first-order chi connectivity index (χ1) is 7.86. The van der Waals surface area contributed by atoms with Crippen LogP contribution >= 0.6 is 0 Å². The van der Waals surface area contributed by atoms with Crippen LogP contribution in [0.4, 0.5) is 0 Å². The van der Waals surface area contributed by atoms with Gasteiger partial charge in [-0.25, -0.2) is 4.98 Å². The summed E-state index contributed by atoms with van der Waals surface area (Å²) in [5, 5.41) is 7.67. The standard InChI is InChI=1S/C10H7N5O/c16-10-8-9(12-6-11-8)13-14-15(10)7-4-2-1-3-5-7/h1-6H,(H,11,12). The van der Waals surface area contributed by atoms with Crippen molar-refractivity contribution in [3.8, 4) is 5.69 Å². The molecule has 6 nitrogen and oxygen atoms in total. The van der Waals surface area contributed by atoms with Gasteiger partial charge < -0.3 is 4.98 Å². The fourth-order valence-corrected chi connectivity index (χ4v) is 1.49. The molecule has 0 spiro atoms. The predicted molar refractivity (Wildman–Crippen MR) is 57.3 cm³/mol. The third-order valence-electron chi connectivity index (χ3n) is 2.26. The lowest BCUT2D eigenvalue weighted by Crippen LogP contribution is -2.22. The Balaban J connectivity index is 2.33. The van der Waals surface area contributed by atoms with Crippen molar-refractivity contribution >= 4 is 11.2 Å². The van der Waals surface area contributed by atoms with E-state index in [0.717, 1.165) is 0 Å². The van der Waals surface area contributed by atoms with Gasteiger partial charge >= 0.3 is 5.56 Å². The average Bonchev–Trinajstić information content (AvgIpc) is 2.80. The van der Waals surface area contributed by atoms with Crippen LogP contribution in [0, 0.1) is 0 Å². The van der Waals surface area contributed by atoms with E-state index in [1.807, 2.05) is 18.2 Å². The van der Waals surface area contributed by atoms with Gasteiger partial charge in [0.2, 0.25) is 5.65 Å². The summed E-state index contributed by atoms with van der Waals surface area (Å²) in [6.45, 7) is 0. The Morgan fingerprint density at radius 3 is 2.81 bits per heavy atom. The maximum Gasteiger partial charge on any atom is 0.300 e. The van der Waals surface area contributed by atoms with Crippen molar-refractivity contribution in [2.45, 2.75) is 0 Å². The summed E-state index contributed by atoms with van der Waals surface area (Å²) in [6.07, 6.45) is 1.43. The highest BCUT2D eigenvalue weighted by molar-refractivity contribution is 5.67. The van der Waals surface area contributed by atoms with Crippen molar-refractivity contribution in [3.05, 3.63) is 47.0 Å². The first-order valence-electron chi connectivity index (χ1n) is 4.71. The number of nitrogens with zero attached hydrogens (tertiary/aromatic N) is 4. The van der Waals surface area contributed by atoms with E-state index in [2.05, 4.69) is 20.3 Å². The maximum absolute atomic E-state index is 12.0. The first-order valence-corrected chi connectivity index (χ1v) is 4.71. The Labute approximate surface area is 89.6 Å². The van der Waals surface area contributed by atoms with E-state index < -0.39 is 0 Å². The van der Waals surface area contributed by atoms with Crippen molar-refractivity contribution in [2.75, 3.05) is 0 Å². The van der Waals surface area contributed by atoms with Crippen LogP contribution in [0.1, 0.15) is 0 Å². The van der Waals surface area contributed by atoms with E-state index in [-0.39, 0.29) is 5.56 Å². The number of fused-ring (bicyclic) bond motifs is 1. The molecule has 16 heavy (non-hydrogen) atoms. The second-order valence-corrected chi connectivity index (χ2v) is 3.24. The summed E-state index contributed by atoms with van der Waals surface area (Å²) in [5.74, 6) is 0. The van der Waals surface area contributed by atoms with Gasteiger partial charge in [-0.2, -0.15) is 4.68 Å². The number of benzene rings is 1. The minimum absolute atomic E-state index is 0.256. The number of imidazole rings is 1. The third-order valence-corrected chi connectivity index (χ3v) is 2.26. The fourth-order valence-electron chi connectivity index (χ4n) is 1.49. The molecule has 2 aromatic heterocycles. The van der Waals surface area contributed by atoms with Crippen LogP contribution < -0.4 is 5.56 Å². The van der Waals surface area contributed by atoms with E-state index in [1.165, 1.54) is 11.0 Å². The van der Waals surface area contributed by atoms with E-state index in [1.54, 1.807) is 12.1 Å². The van der Waals surface area contributed by atoms with Crippen LogP contribution in [-0.4, -0.2) is 25.0 Å². The van der Waals surface area contributed by atoms with Crippen LogP contribution in [-0.2, 0) is 0 Å². The van der Waals surface area contributed by atoms with Crippen LogP contribution in [0.15, 0.2) is 41.5 Å². The van der Waals surface area contributed by atoms with Gasteiger partial charge in [-0.05, 0) is 12.1 Å². The van der Waals surface area contributed by atoms with Gasteiger partial charge in [-0.3, -0.25) is 4.79 Å². The molecule has 0 saturated heterocycles. The molecule has 0 unspecified atom stereocenters. The van der Waals surface area contributed by atoms with Crippen molar-refractivity contribution in [1.82, 2.24) is 25.0 Å². The van der Waals surface area contributed by atoms with Gasteiger partial charge in [-0.1, -0.05) is 23.4 Å². The normalized spacial score (nSPS) is 10.8. The number of aromatic amines is 1. The molecule has 78 valence electrons. The zero-order chi connectivity index (χ0) is 11.0. The molecule has 0 bridgehead atoms. The molecule has 6 heteroatoms. The molecule has 2 heterocycles. The summed E-state index contributed by atoms with van der Waals surface area (Å²) < 4.78 is 1.24. The average molecular weight is 213 g/mol. The summed E-state index contributed by atoms with van der Waals surface area (Å²) >= 11 is 0. The number of hydrogen-bond donors (Lipinski definition) is 1. The molecule has 0 atom stereocenters. The van der Waals surface area contributed by atoms with Crippen molar-refractivity contribution in [1.29, 1.82) is 0 Å². The monoisotopic (exact) mass is 213 g/mol. The molecule has 1 N–H and O–H groups in total. The Kier molecular flexibility index (Phi) is 1.79. The molecule has 0 radical (unpaired) electrons. The molecule has 3 rings (SSSR count). The summed E-state index contributed by atoms with van der Waals surface area (Å²) in [7, 11) is 0. The molecular formula is C10H7N5O. The van der Waals surface area contributed by atoms with Gasteiger partial charge in [0, 0.05) is 0 Å². The van der Waals surface area contributed by atoms with Gasteiger partial charge in [0.1, 0.15) is 0 Å². The smallest absolute Gasteiger partial charge is 0.300 e. The largest absolute Gasteiger partial charge is 0.339 e. The quantitative estimate of drug-likeness (QED) is 0.638. The van der Waals surface area contributed by atoms with Crippen LogP contribution in [0.25, 0.3) is 16.9 Å². The van der Waals surface area contributed by atoms with Crippen LogP contribution in [0.5, 0.6) is 0 Å². The fraction of sp³-hybridized carbons (Fsp3) is 0. The van der Waals surface area contributed by atoms with Crippen molar-refractivity contribution in [2.24, 2.45) is 0 Å². The zero-order valence-electron chi connectivity index (χ0n) is 8.16. The topological polar surface area (TPSA) is 76.5 Å². The first kappa shape index (κ1) is 8.78. The third kappa shape index (κ3) is 1.20. The van der Waals surface area contributed by atoms with Gasteiger partial charge in [0.25, 0.3) is 0 Å². The van der Waals surface area contributed by atoms with E-state index in [9.17, 15) is 4.79 Å². The Bertz CT molecular complexity index is 685. The van der Waals surface area contributed by atoms with Crippen molar-refractivity contribution < 1.29 is 0 Å². The van der Waals surface area contributed by atoms with Crippen molar-refractivity contribution in [3.63, 3.8) is 0 Å². The van der Waals surface area contributed by atoms with E-state index >= 15 is 0 Å². The zero-order valence-corrected chi connectivity index (χ0v) is 8.16. The minimum Gasteiger partial charge on any atom is -0.339 e. The SMILES string of the molecule is O=c1c2[nH]cnc2nnn1-c1ccccc1. The number of H-pyrrole nitrogens is 1. The Morgan fingerprint density at radius 1 is 1.19 bits per heavy atom. The van der Waals surface area contributed by atoms with Gasteiger partial charge in [0.15, 0.2) is 5.52 Å². The maximum atomic E-state index is 12.0. The molecule has 0 fully saturated rings. The summed E-state index contributed by atoms with van der Waals surface area (Å²) in [5.41, 5.74) is 1.11. The van der Waals surface area contributed by atoms with E-state index in [0.29, 0.717) is 16.9 Å². The number of para-hydroxylation sites is 1. The molecule has 0 amide bonds. The molecular weight excluding hydrogens is 206 g/mol. The lowest BCUT2D eigenvalue weighted by atomic mass is 10.3. The lowest BCUT2D eigenvalue weighted by Gasteiger charge is -2.01. The molecule has 3 aromatic rings. The number of aromatic nitrogens is 5. The number of nitrogens with one attached hydrogen (secondary N) is 1. The molecule has 0 aliphatic rings. The van der Waals surface area contributed by atoms with Crippen LogP contribution in [0.3, 0.4) is 0 Å². The molecule has 0 aliphatic carbocycles. The minimum atomic E-state index is -0.256. The highest BCUT2D eigenvalue weighted by Gasteiger charge is 2.08. The Hall–Kier alpha value is -2.50. The second kappa shape index (κ2) is 3.27. The molecule has 0 saturated carbocycles. The number of hydrogen-bond acceptors (Lipinski definition) is 4. The van der Waals surface area contributed by atoms with Crippen LogP contribution in [0.2, 0.25) is 0 Å². The molecule has 0 aliphatic heterocycles. The lowest BCUT2D eigenvalue weighted by molar-refractivity contribution is 0.734. The van der Waals surface area contributed by atoms with Gasteiger partial charge in [-0.15, -0.1) is 5.10 Å². The van der Waals surface area contributed by atoms with Gasteiger partial charge in [0.05, 0.1) is 12.0 Å². The van der Waals surface area contributed by atoms with E-state index in [4.69, 9.17) is 0 Å². The highest BCUT2D eigenvalue weighted by atomic mass is 16.1. The molecule has 1 aromatic carbocycles. The Morgan fingerprint density at radius 2 is 2.00 bits per heavy atom. The second-order valence-electron chi connectivity index (χ2n) is 3.24. The number of rotatable bonds is 1.